The molecule has 4 rings (SSSR count). The van der Waals surface area contributed by atoms with Crippen LogP contribution in [0.15, 0.2) is 109 Å². The first-order valence-electron chi connectivity index (χ1n) is 11.9. The second-order valence-electron chi connectivity index (χ2n) is 8.73. The summed E-state index contributed by atoms with van der Waals surface area (Å²) >= 11 is 0. The first-order chi connectivity index (χ1) is 17.5. The molecule has 5 heteroatoms. The van der Waals surface area contributed by atoms with Crippen LogP contribution in [0.3, 0.4) is 0 Å². The molecule has 36 heavy (non-hydrogen) atoms. The molecule has 0 aliphatic heterocycles. The highest BCUT2D eigenvalue weighted by molar-refractivity contribution is 6.05. The van der Waals surface area contributed by atoms with Gasteiger partial charge in [-0.3, -0.25) is 9.59 Å². The van der Waals surface area contributed by atoms with Crippen LogP contribution in [-0.2, 0) is 17.9 Å². The molecule has 5 nitrogen and oxygen atoms in total. The Labute approximate surface area is 212 Å². The lowest BCUT2D eigenvalue weighted by Gasteiger charge is -2.23. The average molecular weight is 479 g/mol. The Bertz CT molecular complexity index is 1230. The van der Waals surface area contributed by atoms with E-state index in [0.717, 1.165) is 22.4 Å². The van der Waals surface area contributed by atoms with Crippen molar-refractivity contribution in [2.75, 3.05) is 18.6 Å². The maximum absolute atomic E-state index is 13.1. The highest BCUT2D eigenvalue weighted by atomic mass is 16.5. The summed E-state index contributed by atoms with van der Waals surface area (Å²) in [4.78, 5) is 29.3. The van der Waals surface area contributed by atoms with Crippen LogP contribution in [0.25, 0.3) is 0 Å². The summed E-state index contributed by atoms with van der Waals surface area (Å²) in [7, 11) is 1.74. The lowest BCUT2D eigenvalue weighted by atomic mass is 10.1. The molecule has 0 atom stereocenters. The van der Waals surface area contributed by atoms with E-state index in [4.69, 9.17) is 4.74 Å². The van der Waals surface area contributed by atoms with Gasteiger partial charge in [-0.2, -0.15) is 0 Å². The van der Waals surface area contributed by atoms with E-state index < -0.39 is 0 Å². The number of aryl methyl sites for hydroxylation is 1. The van der Waals surface area contributed by atoms with E-state index in [0.29, 0.717) is 24.4 Å². The van der Waals surface area contributed by atoms with Crippen LogP contribution >= 0.6 is 0 Å². The standard InChI is InChI=1S/C31H30N2O3/c1-24-13-15-27(16-14-24)31(35)32(2)28-17-19-29(20-18-28)36-23-30(34)33(21-25-9-5-3-6-10-25)22-26-11-7-4-8-12-26/h3-20H,21-23H2,1-2H3. The number of ether oxygens (including phenoxy) is 1. The molecular weight excluding hydrogens is 448 g/mol. The SMILES string of the molecule is Cc1ccc(C(=O)N(C)c2ccc(OCC(=O)N(Cc3ccccc3)Cc3ccccc3)cc2)cc1. The van der Waals surface area contributed by atoms with Gasteiger partial charge in [0, 0.05) is 31.4 Å². The molecular formula is C31H30N2O3. The minimum absolute atomic E-state index is 0.0723. The van der Waals surface area contributed by atoms with E-state index in [1.165, 1.54) is 0 Å². The second kappa shape index (κ2) is 11.8. The zero-order valence-electron chi connectivity index (χ0n) is 20.6. The van der Waals surface area contributed by atoms with E-state index in [1.807, 2.05) is 104 Å². The molecule has 2 amide bonds. The number of amides is 2. The second-order valence-corrected chi connectivity index (χ2v) is 8.73. The van der Waals surface area contributed by atoms with E-state index in [1.54, 1.807) is 29.0 Å². The van der Waals surface area contributed by atoms with Gasteiger partial charge in [0.1, 0.15) is 5.75 Å². The van der Waals surface area contributed by atoms with Gasteiger partial charge < -0.3 is 14.5 Å². The summed E-state index contributed by atoms with van der Waals surface area (Å²) in [5.41, 5.74) is 4.61. The number of nitrogens with zero attached hydrogens (tertiary/aromatic N) is 2. The van der Waals surface area contributed by atoms with Crippen molar-refractivity contribution in [2.24, 2.45) is 0 Å². The predicted octanol–water partition coefficient (Wildman–Crippen LogP) is 5.88. The zero-order valence-corrected chi connectivity index (χ0v) is 20.6. The minimum Gasteiger partial charge on any atom is -0.484 e. The number of benzene rings is 4. The molecule has 0 aromatic heterocycles. The van der Waals surface area contributed by atoms with Crippen LogP contribution in [0.5, 0.6) is 5.75 Å². The van der Waals surface area contributed by atoms with Gasteiger partial charge in [0.2, 0.25) is 0 Å². The largest absolute Gasteiger partial charge is 0.484 e. The number of rotatable bonds is 9. The van der Waals surface area contributed by atoms with Crippen molar-refractivity contribution in [3.05, 3.63) is 131 Å². The third-order valence-corrected chi connectivity index (χ3v) is 5.97. The third kappa shape index (κ3) is 6.60. The molecule has 0 radical (unpaired) electrons. The van der Waals surface area contributed by atoms with Crippen molar-refractivity contribution >= 4 is 17.5 Å². The van der Waals surface area contributed by atoms with Gasteiger partial charge in [0.15, 0.2) is 6.61 Å². The molecule has 0 N–H and O–H groups in total. The molecule has 0 heterocycles. The summed E-state index contributed by atoms with van der Waals surface area (Å²) in [6.07, 6.45) is 0. The number of anilines is 1. The fourth-order valence-electron chi connectivity index (χ4n) is 3.85. The Kier molecular flexibility index (Phi) is 8.14. The maximum Gasteiger partial charge on any atom is 0.261 e. The molecule has 182 valence electrons. The van der Waals surface area contributed by atoms with Gasteiger partial charge in [-0.15, -0.1) is 0 Å². The van der Waals surface area contributed by atoms with Crippen molar-refractivity contribution in [1.82, 2.24) is 4.90 Å². The first-order valence-corrected chi connectivity index (χ1v) is 11.9. The Morgan fingerprint density at radius 3 is 1.75 bits per heavy atom. The van der Waals surface area contributed by atoms with Gasteiger partial charge in [0.05, 0.1) is 0 Å². The van der Waals surface area contributed by atoms with Gasteiger partial charge in [-0.1, -0.05) is 78.4 Å². The molecule has 4 aromatic rings. The Hall–Kier alpha value is -4.38. The molecule has 0 bridgehead atoms. The van der Waals surface area contributed by atoms with Crippen molar-refractivity contribution in [3.63, 3.8) is 0 Å². The molecule has 0 saturated heterocycles. The Morgan fingerprint density at radius 1 is 0.694 bits per heavy atom. The predicted molar refractivity (Wildman–Crippen MR) is 143 cm³/mol. The van der Waals surface area contributed by atoms with Crippen LogP contribution < -0.4 is 9.64 Å². The van der Waals surface area contributed by atoms with Gasteiger partial charge in [-0.25, -0.2) is 0 Å². The highest BCUT2D eigenvalue weighted by Crippen LogP contribution is 2.21. The smallest absolute Gasteiger partial charge is 0.261 e. The van der Waals surface area contributed by atoms with Crippen LogP contribution in [-0.4, -0.2) is 30.4 Å². The van der Waals surface area contributed by atoms with Crippen LogP contribution in [0.2, 0.25) is 0 Å². The van der Waals surface area contributed by atoms with Gasteiger partial charge in [-0.05, 0) is 54.4 Å². The van der Waals surface area contributed by atoms with Crippen LogP contribution in [0, 0.1) is 6.92 Å². The Balaban J connectivity index is 1.38. The van der Waals surface area contributed by atoms with Crippen LogP contribution in [0.1, 0.15) is 27.0 Å². The topological polar surface area (TPSA) is 49.9 Å². The number of carbonyl (C=O) groups is 2. The first kappa shape index (κ1) is 24.7. The molecule has 0 saturated carbocycles. The lowest BCUT2D eigenvalue weighted by molar-refractivity contribution is -0.134. The molecule has 0 spiro atoms. The summed E-state index contributed by atoms with van der Waals surface area (Å²) in [6, 6.07) is 34.6. The lowest BCUT2D eigenvalue weighted by Crippen LogP contribution is -2.34. The van der Waals surface area contributed by atoms with E-state index in [9.17, 15) is 9.59 Å². The van der Waals surface area contributed by atoms with Crippen LogP contribution in [0.4, 0.5) is 5.69 Å². The van der Waals surface area contributed by atoms with Crippen molar-refractivity contribution < 1.29 is 14.3 Å². The van der Waals surface area contributed by atoms with E-state index >= 15 is 0 Å². The van der Waals surface area contributed by atoms with Crippen molar-refractivity contribution in [2.45, 2.75) is 20.0 Å². The molecule has 0 fully saturated rings. The monoisotopic (exact) mass is 478 g/mol. The number of hydrogen-bond donors (Lipinski definition) is 0. The number of carbonyl (C=O) groups excluding carboxylic acids is 2. The quantitative estimate of drug-likeness (QED) is 0.302. The molecule has 0 unspecified atom stereocenters. The summed E-state index contributed by atoms with van der Waals surface area (Å²) < 4.78 is 5.82. The van der Waals surface area contributed by atoms with Gasteiger partial charge in [0.25, 0.3) is 11.8 Å². The zero-order chi connectivity index (χ0) is 25.3. The summed E-state index contributed by atoms with van der Waals surface area (Å²) in [5, 5.41) is 0. The van der Waals surface area contributed by atoms with E-state index in [-0.39, 0.29) is 18.4 Å². The average Bonchev–Trinajstić information content (AvgIpc) is 2.92. The fourth-order valence-corrected chi connectivity index (χ4v) is 3.85. The normalized spacial score (nSPS) is 10.5. The minimum atomic E-state index is -0.0987. The molecule has 0 aliphatic carbocycles. The summed E-state index contributed by atoms with van der Waals surface area (Å²) in [5.74, 6) is 0.386. The van der Waals surface area contributed by atoms with Crippen molar-refractivity contribution in [1.29, 1.82) is 0 Å². The van der Waals surface area contributed by atoms with Crippen molar-refractivity contribution in [3.8, 4) is 5.75 Å². The molecule has 0 aliphatic rings. The highest BCUT2D eigenvalue weighted by Gasteiger charge is 2.17. The van der Waals surface area contributed by atoms with E-state index in [2.05, 4.69) is 0 Å². The van der Waals surface area contributed by atoms with Gasteiger partial charge >= 0.3 is 0 Å². The number of hydrogen-bond acceptors (Lipinski definition) is 3. The summed E-state index contributed by atoms with van der Waals surface area (Å²) in [6.45, 7) is 2.92. The third-order valence-electron chi connectivity index (χ3n) is 5.97. The maximum atomic E-state index is 13.1. The molecule has 4 aromatic carbocycles. The fraction of sp³-hybridized carbons (Fsp3) is 0.161. The Morgan fingerprint density at radius 2 is 1.22 bits per heavy atom.